The van der Waals surface area contributed by atoms with E-state index in [2.05, 4.69) is 15.6 Å². The maximum Gasteiger partial charge on any atom is 0.320 e. The number of pyridine rings is 1. The number of anilines is 1. The summed E-state index contributed by atoms with van der Waals surface area (Å²) >= 11 is 0. The second-order valence-corrected chi connectivity index (χ2v) is 3.60. The van der Waals surface area contributed by atoms with E-state index in [0.29, 0.717) is 12.4 Å². The molecule has 1 rings (SSSR count). The average molecular weight is 251 g/mol. The van der Waals surface area contributed by atoms with E-state index < -0.39 is 0 Å². The summed E-state index contributed by atoms with van der Waals surface area (Å²) in [7, 11) is 0. The summed E-state index contributed by atoms with van der Waals surface area (Å²) in [6.45, 7) is 4.16. The first-order valence-electron chi connectivity index (χ1n) is 5.75. The Morgan fingerprint density at radius 3 is 2.89 bits per heavy atom. The Labute approximate surface area is 106 Å². The van der Waals surface area contributed by atoms with Gasteiger partial charge in [-0.2, -0.15) is 0 Å². The van der Waals surface area contributed by atoms with Crippen LogP contribution in [-0.4, -0.2) is 30.1 Å². The Morgan fingerprint density at radius 1 is 1.44 bits per heavy atom. The van der Waals surface area contributed by atoms with E-state index in [4.69, 9.17) is 4.74 Å². The van der Waals surface area contributed by atoms with Gasteiger partial charge in [-0.1, -0.05) is 6.07 Å². The zero-order valence-electron chi connectivity index (χ0n) is 10.5. The van der Waals surface area contributed by atoms with E-state index in [-0.39, 0.29) is 25.0 Å². The molecular formula is C12H17N3O3. The molecule has 0 saturated carbocycles. The average Bonchev–Trinajstić information content (AvgIpc) is 2.32. The molecule has 0 atom stereocenters. The molecule has 0 radical (unpaired) electrons. The molecule has 6 nitrogen and oxygen atoms in total. The largest absolute Gasteiger partial charge is 0.466 e. The highest BCUT2D eigenvalue weighted by atomic mass is 16.5. The quantitative estimate of drug-likeness (QED) is 0.776. The number of amides is 2. The number of carbonyl (C=O) groups excluding carboxylic acids is 2. The molecule has 0 unspecified atom stereocenters. The van der Waals surface area contributed by atoms with Gasteiger partial charge in [-0.25, -0.2) is 9.78 Å². The molecular weight excluding hydrogens is 234 g/mol. The molecule has 0 fully saturated rings. The van der Waals surface area contributed by atoms with Crippen LogP contribution in [0.15, 0.2) is 18.3 Å². The molecule has 0 bridgehead atoms. The lowest BCUT2D eigenvalue weighted by molar-refractivity contribution is -0.142. The molecule has 6 heteroatoms. The van der Waals surface area contributed by atoms with Crippen LogP contribution in [0.4, 0.5) is 10.6 Å². The van der Waals surface area contributed by atoms with Gasteiger partial charge in [0.1, 0.15) is 5.82 Å². The van der Waals surface area contributed by atoms with Crippen LogP contribution in [-0.2, 0) is 9.53 Å². The molecule has 1 heterocycles. The number of esters is 1. The fraction of sp³-hybridized carbons (Fsp3) is 0.417. The van der Waals surface area contributed by atoms with Gasteiger partial charge in [0.05, 0.1) is 13.0 Å². The number of carbonyl (C=O) groups is 2. The predicted octanol–water partition coefficient (Wildman–Crippen LogP) is 1.46. The number of nitrogens with one attached hydrogen (secondary N) is 2. The summed E-state index contributed by atoms with van der Waals surface area (Å²) < 4.78 is 4.74. The van der Waals surface area contributed by atoms with Crippen molar-refractivity contribution in [3.63, 3.8) is 0 Å². The Bertz CT molecular complexity index is 421. The Morgan fingerprint density at radius 2 is 2.22 bits per heavy atom. The van der Waals surface area contributed by atoms with Crippen molar-refractivity contribution in [2.45, 2.75) is 20.3 Å². The predicted molar refractivity (Wildman–Crippen MR) is 67.2 cm³/mol. The van der Waals surface area contributed by atoms with E-state index in [9.17, 15) is 9.59 Å². The van der Waals surface area contributed by atoms with Gasteiger partial charge in [0, 0.05) is 12.7 Å². The zero-order chi connectivity index (χ0) is 13.4. The normalized spacial score (nSPS) is 9.67. The number of rotatable bonds is 5. The zero-order valence-corrected chi connectivity index (χ0v) is 10.5. The number of aromatic nitrogens is 1. The number of ether oxygens (including phenoxy) is 1. The van der Waals surface area contributed by atoms with Crippen LogP contribution in [0.3, 0.4) is 0 Å². The summed E-state index contributed by atoms with van der Waals surface area (Å²) in [6, 6.07) is 3.25. The second-order valence-electron chi connectivity index (χ2n) is 3.60. The molecule has 2 amide bonds. The van der Waals surface area contributed by atoms with Gasteiger partial charge in [-0.3, -0.25) is 10.1 Å². The summed E-state index contributed by atoms with van der Waals surface area (Å²) in [5.74, 6) is 0.179. The van der Waals surface area contributed by atoms with Gasteiger partial charge in [-0.15, -0.1) is 0 Å². The molecule has 0 aliphatic carbocycles. The van der Waals surface area contributed by atoms with E-state index in [1.807, 2.05) is 13.0 Å². The van der Waals surface area contributed by atoms with Crippen LogP contribution in [0, 0.1) is 6.92 Å². The highest BCUT2D eigenvalue weighted by molar-refractivity contribution is 5.89. The minimum atomic E-state index is -0.388. The first-order chi connectivity index (χ1) is 8.63. The third kappa shape index (κ3) is 4.82. The third-order valence-corrected chi connectivity index (χ3v) is 2.16. The first-order valence-corrected chi connectivity index (χ1v) is 5.75. The van der Waals surface area contributed by atoms with Gasteiger partial charge in [0.15, 0.2) is 0 Å². The van der Waals surface area contributed by atoms with Crippen molar-refractivity contribution in [1.29, 1.82) is 0 Å². The maximum absolute atomic E-state index is 11.5. The summed E-state index contributed by atoms with van der Waals surface area (Å²) in [4.78, 5) is 26.5. The standard InChI is InChI=1S/C12H17N3O3/c1-3-18-10(16)6-8-14-12(17)15-11-9(2)5-4-7-13-11/h4-5,7H,3,6,8H2,1-2H3,(H2,13,14,15,17). The lowest BCUT2D eigenvalue weighted by atomic mass is 10.3. The molecule has 1 aromatic heterocycles. The SMILES string of the molecule is CCOC(=O)CCNC(=O)Nc1ncccc1C. The van der Waals surface area contributed by atoms with Crippen LogP contribution in [0.1, 0.15) is 18.9 Å². The molecule has 0 aromatic carbocycles. The van der Waals surface area contributed by atoms with E-state index in [0.717, 1.165) is 5.56 Å². The Balaban J connectivity index is 2.30. The second kappa shape index (κ2) is 7.26. The van der Waals surface area contributed by atoms with Crippen LogP contribution < -0.4 is 10.6 Å². The number of nitrogens with zero attached hydrogens (tertiary/aromatic N) is 1. The van der Waals surface area contributed by atoms with Crippen molar-refractivity contribution in [2.24, 2.45) is 0 Å². The molecule has 1 aromatic rings. The van der Waals surface area contributed by atoms with E-state index in [1.54, 1.807) is 19.2 Å². The van der Waals surface area contributed by atoms with Crippen LogP contribution in [0.2, 0.25) is 0 Å². The van der Waals surface area contributed by atoms with Crippen molar-refractivity contribution >= 4 is 17.8 Å². The lowest BCUT2D eigenvalue weighted by Gasteiger charge is -2.08. The van der Waals surface area contributed by atoms with Crippen molar-refractivity contribution in [2.75, 3.05) is 18.5 Å². The van der Waals surface area contributed by atoms with Crippen molar-refractivity contribution in [1.82, 2.24) is 10.3 Å². The van der Waals surface area contributed by atoms with Gasteiger partial charge < -0.3 is 10.1 Å². The molecule has 0 saturated heterocycles. The third-order valence-electron chi connectivity index (χ3n) is 2.16. The molecule has 18 heavy (non-hydrogen) atoms. The number of aryl methyl sites for hydroxylation is 1. The Kier molecular flexibility index (Phi) is 5.63. The fourth-order valence-corrected chi connectivity index (χ4v) is 1.28. The molecule has 98 valence electrons. The van der Waals surface area contributed by atoms with E-state index >= 15 is 0 Å². The first kappa shape index (κ1) is 14.0. The van der Waals surface area contributed by atoms with Crippen molar-refractivity contribution in [3.05, 3.63) is 23.9 Å². The molecule has 0 spiro atoms. The minimum Gasteiger partial charge on any atom is -0.466 e. The number of hydrogen-bond donors (Lipinski definition) is 2. The summed E-state index contributed by atoms with van der Waals surface area (Å²) in [5, 5.41) is 5.16. The summed E-state index contributed by atoms with van der Waals surface area (Å²) in [5.41, 5.74) is 0.873. The van der Waals surface area contributed by atoms with Gasteiger partial charge in [-0.05, 0) is 25.5 Å². The Hall–Kier alpha value is -2.11. The topological polar surface area (TPSA) is 80.3 Å². The van der Waals surface area contributed by atoms with Crippen molar-refractivity contribution < 1.29 is 14.3 Å². The summed E-state index contributed by atoms with van der Waals surface area (Å²) in [6.07, 6.45) is 1.75. The van der Waals surface area contributed by atoms with Crippen LogP contribution in [0.25, 0.3) is 0 Å². The van der Waals surface area contributed by atoms with Gasteiger partial charge in [0.2, 0.25) is 0 Å². The van der Waals surface area contributed by atoms with E-state index in [1.165, 1.54) is 0 Å². The number of urea groups is 1. The smallest absolute Gasteiger partial charge is 0.320 e. The van der Waals surface area contributed by atoms with Crippen molar-refractivity contribution in [3.8, 4) is 0 Å². The lowest BCUT2D eigenvalue weighted by Crippen LogP contribution is -2.31. The highest BCUT2D eigenvalue weighted by Gasteiger charge is 2.06. The maximum atomic E-state index is 11.5. The molecule has 0 aliphatic rings. The van der Waals surface area contributed by atoms with Gasteiger partial charge >= 0.3 is 12.0 Å². The minimum absolute atomic E-state index is 0.155. The fourth-order valence-electron chi connectivity index (χ4n) is 1.28. The number of hydrogen-bond acceptors (Lipinski definition) is 4. The molecule has 2 N–H and O–H groups in total. The molecule has 0 aliphatic heterocycles. The highest BCUT2D eigenvalue weighted by Crippen LogP contribution is 2.08. The monoisotopic (exact) mass is 251 g/mol. The van der Waals surface area contributed by atoms with Gasteiger partial charge in [0.25, 0.3) is 0 Å². The van der Waals surface area contributed by atoms with Crippen LogP contribution >= 0.6 is 0 Å². The van der Waals surface area contributed by atoms with Crippen LogP contribution in [0.5, 0.6) is 0 Å².